The molecule has 0 atom stereocenters. The first-order chi connectivity index (χ1) is 9.63. The number of rotatable bonds is 5. The van der Waals surface area contributed by atoms with E-state index in [-0.39, 0.29) is 5.02 Å². The van der Waals surface area contributed by atoms with Crippen LogP contribution in [0, 0.1) is 5.82 Å². The zero-order chi connectivity index (χ0) is 14.5. The summed E-state index contributed by atoms with van der Waals surface area (Å²) in [6.45, 7) is 0.699. The van der Waals surface area contributed by atoms with Crippen molar-refractivity contribution in [3.05, 3.63) is 58.4 Å². The molecule has 0 aromatic heterocycles. The van der Waals surface area contributed by atoms with Gasteiger partial charge in [-0.05, 0) is 29.8 Å². The zero-order valence-corrected chi connectivity index (χ0v) is 11.8. The lowest BCUT2D eigenvalue weighted by molar-refractivity contribution is 0.304. The predicted octanol–water partition coefficient (Wildman–Crippen LogP) is 3.53. The average molecular weight is 296 g/mol. The van der Waals surface area contributed by atoms with Crippen LogP contribution < -0.4 is 15.2 Å². The molecule has 106 valence electrons. The van der Waals surface area contributed by atoms with E-state index in [2.05, 4.69) is 0 Å². The predicted molar refractivity (Wildman–Crippen MR) is 76.6 cm³/mol. The van der Waals surface area contributed by atoms with Crippen LogP contribution in [0.25, 0.3) is 0 Å². The minimum absolute atomic E-state index is 0.0761. The molecular weight excluding hydrogens is 281 g/mol. The van der Waals surface area contributed by atoms with E-state index in [1.807, 2.05) is 18.2 Å². The highest BCUT2D eigenvalue weighted by atomic mass is 35.5. The summed E-state index contributed by atoms with van der Waals surface area (Å²) in [5.41, 5.74) is 7.48. The number of benzene rings is 2. The first-order valence-corrected chi connectivity index (χ1v) is 6.45. The minimum atomic E-state index is -0.499. The number of nitrogens with two attached hydrogens (primary N) is 1. The Labute approximate surface area is 122 Å². The van der Waals surface area contributed by atoms with Gasteiger partial charge in [0, 0.05) is 18.2 Å². The number of ether oxygens (including phenoxy) is 2. The highest BCUT2D eigenvalue weighted by Gasteiger charge is 2.05. The molecule has 0 fully saturated rings. The van der Waals surface area contributed by atoms with Gasteiger partial charge in [0.2, 0.25) is 0 Å². The molecule has 2 aromatic carbocycles. The number of halogens is 2. The van der Waals surface area contributed by atoms with Gasteiger partial charge in [0.05, 0.1) is 12.1 Å². The first kappa shape index (κ1) is 14.6. The molecule has 2 aromatic rings. The molecule has 20 heavy (non-hydrogen) atoms. The van der Waals surface area contributed by atoms with Crippen LogP contribution >= 0.6 is 11.6 Å². The summed E-state index contributed by atoms with van der Waals surface area (Å²) in [4.78, 5) is 0. The fourth-order valence-corrected chi connectivity index (χ4v) is 1.93. The summed E-state index contributed by atoms with van der Waals surface area (Å²) in [6, 6.07) is 9.97. The molecule has 0 aliphatic carbocycles. The maximum Gasteiger partial charge on any atom is 0.145 e. The van der Waals surface area contributed by atoms with Crippen molar-refractivity contribution in [1.82, 2.24) is 0 Å². The molecule has 0 aliphatic rings. The molecule has 0 bridgehead atoms. The van der Waals surface area contributed by atoms with Crippen molar-refractivity contribution in [2.75, 3.05) is 7.11 Å². The van der Waals surface area contributed by atoms with Gasteiger partial charge in [-0.1, -0.05) is 17.7 Å². The van der Waals surface area contributed by atoms with Crippen LogP contribution in [-0.2, 0) is 13.2 Å². The molecule has 0 saturated heterocycles. The van der Waals surface area contributed by atoms with Crippen LogP contribution in [0.4, 0.5) is 4.39 Å². The average Bonchev–Trinajstić information content (AvgIpc) is 2.48. The van der Waals surface area contributed by atoms with Crippen LogP contribution in [0.2, 0.25) is 5.02 Å². The van der Waals surface area contributed by atoms with Gasteiger partial charge in [-0.25, -0.2) is 4.39 Å². The summed E-state index contributed by atoms with van der Waals surface area (Å²) in [6.07, 6.45) is 0. The third-order valence-electron chi connectivity index (χ3n) is 2.86. The molecule has 2 rings (SSSR count). The highest BCUT2D eigenvalue weighted by molar-refractivity contribution is 6.30. The molecular formula is C15H15ClFNO2. The fraction of sp³-hybridized carbons (Fsp3) is 0.200. The van der Waals surface area contributed by atoms with E-state index in [1.165, 1.54) is 12.1 Å². The van der Waals surface area contributed by atoms with Crippen LogP contribution in [0.5, 0.6) is 11.5 Å². The van der Waals surface area contributed by atoms with Gasteiger partial charge in [0.25, 0.3) is 0 Å². The number of hydrogen-bond acceptors (Lipinski definition) is 3. The standard InChI is InChI=1S/C15H15ClFNO2/c1-19-15-5-2-10(6-11(15)8-18)9-20-12-3-4-13(16)14(17)7-12/h2-7H,8-9,18H2,1H3. The highest BCUT2D eigenvalue weighted by Crippen LogP contribution is 2.23. The fourth-order valence-electron chi connectivity index (χ4n) is 1.81. The van der Waals surface area contributed by atoms with Crippen molar-refractivity contribution in [2.24, 2.45) is 5.73 Å². The van der Waals surface area contributed by atoms with E-state index in [9.17, 15) is 4.39 Å². The maximum absolute atomic E-state index is 13.3. The Kier molecular flexibility index (Phi) is 4.82. The minimum Gasteiger partial charge on any atom is -0.496 e. The lowest BCUT2D eigenvalue weighted by atomic mass is 10.1. The first-order valence-electron chi connectivity index (χ1n) is 6.07. The Hall–Kier alpha value is -1.78. The van der Waals surface area contributed by atoms with Crippen molar-refractivity contribution in [3.8, 4) is 11.5 Å². The maximum atomic E-state index is 13.3. The monoisotopic (exact) mass is 295 g/mol. The van der Waals surface area contributed by atoms with Gasteiger partial charge >= 0.3 is 0 Å². The van der Waals surface area contributed by atoms with Gasteiger partial charge in [-0.3, -0.25) is 0 Å². The van der Waals surface area contributed by atoms with Gasteiger partial charge in [0.15, 0.2) is 0 Å². The molecule has 2 N–H and O–H groups in total. The van der Waals surface area contributed by atoms with E-state index < -0.39 is 5.82 Å². The van der Waals surface area contributed by atoms with Crippen molar-refractivity contribution >= 4 is 11.6 Å². The Balaban J connectivity index is 2.08. The summed E-state index contributed by atoms with van der Waals surface area (Å²) in [5.74, 6) is 0.673. The molecule has 0 radical (unpaired) electrons. The van der Waals surface area contributed by atoms with E-state index in [0.717, 1.165) is 16.9 Å². The largest absolute Gasteiger partial charge is 0.496 e. The van der Waals surface area contributed by atoms with E-state index in [4.69, 9.17) is 26.8 Å². The lowest BCUT2D eigenvalue weighted by Crippen LogP contribution is -2.02. The van der Waals surface area contributed by atoms with Gasteiger partial charge < -0.3 is 15.2 Å². The van der Waals surface area contributed by atoms with Crippen LogP contribution in [-0.4, -0.2) is 7.11 Å². The third kappa shape index (κ3) is 3.40. The topological polar surface area (TPSA) is 44.5 Å². The van der Waals surface area contributed by atoms with Gasteiger partial charge in [-0.15, -0.1) is 0 Å². The molecule has 0 saturated carbocycles. The van der Waals surface area contributed by atoms with Crippen molar-refractivity contribution in [2.45, 2.75) is 13.2 Å². The van der Waals surface area contributed by atoms with E-state index in [1.54, 1.807) is 13.2 Å². The van der Waals surface area contributed by atoms with Crippen molar-refractivity contribution in [1.29, 1.82) is 0 Å². The smallest absolute Gasteiger partial charge is 0.145 e. The molecule has 3 nitrogen and oxygen atoms in total. The quantitative estimate of drug-likeness (QED) is 0.918. The summed E-state index contributed by atoms with van der Waals surface area (Å²) < 4.78 is 24.0. The molecule has 0 aliphatic heterocycles. The van der Waals surface area contributed by atoms with Crippen LogP contribution in [0.3, 0.4) is 0 Å². The van der Waals surface area contributed by atoms with Crippen LogP contribution in [0.15, 0.2) is 36.4 Å². The summed E-state index contributed by atoms with van der Waals surface area (Å²) >= 11 is 5.61. The lowest BCUT2D eigenvalue weighted by Gasteiger charge is -2.10. The summed E-state index contributed by atoms with van der Waals surface area (Å²) in [5, 5.41) is 0.0761. The molecule has 0 amide bonds. The normalized spacial score (nSPS) is 10.4. The Bertz CT molecular complexity index is 604. The number of hydrogen-bond donors (Lipinski definition) is 1. The zero-order valence-electron chi connectivity index (χ0n) is 11.0. The second-order valence-corrected chi connectivity index (χ2v) is 4.62. The Morgan fingerprint density at radius 3 is 2.65 bits per heavy atom. The van der Waals surface area contributed by atoms with Crippen molar-refractivity contribution in [3.63, 3.8) is 0 Å². The van der Waals surface area contributed by atoms with Crippen LogP contribution in [0.1, 0.15) is 11.1 Å². The van der Waals surface area contributed by atoms with Crippen molar-refractivity contribution < 1.29 is 13.9 Å². The third-order valence-corrected chi connectivity index (χ3v) is 3.17. The second-order valence-electron chi connectivity index (χ2n) is 4.21. The molecule has 0 spiro atoms. The Morgan fingerprint density at radius 2 is 2.00 bits per heavy atom. The van der Waals surface area contributed by atoms with E-state index in [0.29, 0.717) is 18.9 Å². The van der Waals surface area contributed by atoms with Gasteiger partial charge in [0.1, 0.15) is 23.9 Å². The molecule has 5 heteroatoms. The molecule has 0 heterocycles. The second kappa shape index (κ2) is 6.59. The SMILES string of the molecule is COc1ccc(COc2ccc(Cl)c(F)c2)cc1CN. The van der Waals surface area contributed by atoms with E-state index >= 15 is 0 Å². The Morgan fingerprint density at radius 1 is 1.20 bits per heavy atom. The number of methoxy groups -OCH3 is 1. The van der Waals surface area contributed by atoms with Gasteiger partial charge in [-0.2, -0.15) is 0 Å². The molecule has 0 unspecified atom stereocenters. The summed E-state index contributed by atoms with van der Waals surface area (Å²) in [7, 11) is 1.60.